The van der Waals surface area contributed by atoms with Gasteiger partial charge in [-0.15, -0.1) is 0 Å². The van der Waals surface area contributed by atoms with E-state index in [1.54, 1.807) is 16.4 Å². The van der Waals surface area contributed by atoms with Gasteiger partial charge in [-0.25, -0.2) is 13.4 Å². The van der Waals surface area contributed by atoms with Crippen molar-refractivity contribution in [3.05, 3.63) is 18.2 Å². The van der Waals surface area contributed by atoms with Crippen molar-refractivity contribution in [2.75, 3.05) is 51.8 Å². The number of aromatic nitrogens is 2. The zero-order chi connectivity index (χ0) is 24.4. The number of hydrogen-bond acceptors (Lipinski definition) is 7. The van der Waals surface area contributed by atoms with Gasteiger partial charge in [0.15, 0.2) is 5.16 Å². The predicted octanol–water partition coefficient (Wildman–Crippen LogP) is 2.59. The van der Waals surface area contributed by atoms with Gasteiger partial charge in [0.25, 0.3) is 0 Å². The van der Waals surface area contributed by atoms with E-state index in [1.165, 1.54) is 11.8 Å². The summed E-state index contributed by atoms with van der Waals surface area (Å²) in [6, 6.07) is 5.23. The van der Waals surface area contributed by atoms with Crippen molar-refractivity contribution >= 4 is 38.7 Å². The molecule has 0 saturated carbocycles. The zero-order valence-corrected chi connectivity index (χ0v) is 21.9. The average molecular weight is 523 g/mol. The first-order valence-corrected chi connectivity index (χ1v) is 14.9. The quantitative estimate of drug-likeness (QED) is 0.516. The second-order valence-electron chi connectivity index (χ2n) is 9.68. The second-order valence-corrected chi connectivity index (χ2v) is 12.6. The molecule has 1 aromatic carbocycles. The molecule has 1 amide bonds. The van der Waals surface area contributed by atoms with Crippen molar-refractivity contribution in [1.82, 2.24) is 18.8 Å². The number of thioether (sulfide) groups is 1. The molecule has 0 N–H and O–H groups in total. The van der Waals surface area contributed by atoms with Crippen molar-refractivity contribution in [2.24, 2.45) is 5.92 Å². The molecular weight excluding hydrogens is 488 g/mol. The summed E-state index contributed by atoms with van der Waals surface area (Å²) in [4.78, 5) is 19.6. The third-order valence-corrected chi connectivity index (χ3v) is 9.86. The van der Waals surface area contributed by atoms with Crippen LogP contribution in [-0.2, 0) is 30.8 Å². The van der Waals surface area contributed by atoms with Gasteiger partial charge in [0.2, 0.25) is 15.9 Å². The molecule has 2 atom stereocenters. The Bertz CT molecular complexity index is 1160. The third kappa shape index (κ3) is 5.53. The van der Waals surface area contributed by atoms with Crippen LogP contribution in [0.5, 0.6) is 0 Å². The predicted molar refractivity (Wildman–Crippen MR) is 134 cm³/mol. The normalized spacial score (nSPS) is 24.3. The zero-order valence-electron chi connectivity index (χ0n) is 20.2. The van der Waals surface area contributed by atoms with E-state index in [4.69, 9.17) is 14.5 Å². The second kappa shape index (κ2) is 10.8. The van der Waals surface area contributed by atoms with Crippen molar-refractivity contribution in [2.45, 2.75) is 55.3 Å². The Kier molecular flexibility index (Phi) is 7.69. The number of imidazole rings is 1. The monoisotopic (exact) mass is 522 g/mol. The third-order valence-electron chi connectivity index (χ3n) is 7.04. The Hall–Kier alpha value is -1.66. The molecular formula is C24H34N4O5S2. The molecule has 4 heterocycles. The number of sulfonamides is 1. The van der Waals surface area contributed by atoms with Crippen molar-refractivity contribution < 1.29 is 22.7 Å². The van der Waals surface area contributed by atoms with Gasteiger partial charge in [-0.2, -0.15) is 4.31 Å². The van der Waals surface area contributed by atoms with Crippen LogP contribution in [0.3, 0.4) is 0 Å². The standard InChI is InChI=1S/C24H34N4O5S2/c1-18-4-2-8-27(15-18)35(30,31)20-6-7-22-21(14-20)25-24(28(22)16-19-5-3-11-33-19)34-17-23(29)26-9-12-32-13-10-26/h6-7,14,18-19H,2-5,8-13,15-17H2,1H3/t18-,19-/m0/s1. The molecule has 35 heavy (non-hydrogen) atoms. The first kappa shape index (κ1) is 25.0. The van der Waals surface area contributed by atoms with E-state index >= 15 is 0 Å². The minimum Gasteiger partial charge on any atom is -0.378 e. The molecule has 11 heteroatoms. The molecule has 9 nitrogen and oxygen atoms in total. The summed E-state index contributed by atoms with van der Waals surface area (Å²) in [5.41, 5.74) is 1.50. The van der Waals surface area contributed by atoms with Gasteiger partial charge in [-0.1, -0.05) is 18.7 Å². The highest BCUT2D eigenvalue weighted by Gasteiger charge is 2.30. The van der Waals surface area contributed by atoms with Crippen molar-refractivity contribution in [3.8, 4) is 0 Å². The molecule has 2 aromatic rings. The van der Waals surface area contributed by atoms with Gasteiger partial charge in [-0.05, 0) is 49.8 Å². The van der Waals surface area contributed by atoms with Crippen LogP contribution in [0.1, 0.15) is 32.6 Å². The number of piperidine rings is 1. The van der Waals surface area contributed by atoms with Crippen LogP contribution in [-0.4, -0.2) is 90.9 Å². The maximum absolute atomic E-state index is 13.3. The van der Waals surface area contributed by atoms with Gasteiger partial charge >= 0.3 is 0 Å². The van der Waals surface area contributed by atoms with Crippen LogP contribution in [0.4, 0.5) is 0 Å². The lowest BCUT2D eigenvalue weighted by atomic mass is 10.0. The first-order valence-electron chi connectivity index (χ1n) is 12.5. The molecule has 5 rings (SSSR count). The molecule has 3 fully saturated rings. The highest BCUT2D eigenvalue weighted by Crippen LogP contribution is 2.30. The van der Waals surface area contributed by atoms with Crippen molar-refractivity contribution in [1.29, 1.82) is 0 Å². The van der Waals surface area contributed by atoms with Gasteiger partial charge in [0.1, 0.15) is 0 Å². The smallest absolute Gasteiger partial charge is 0.243 e. The Balaban J connectivity index is 1.41. The molecule has 1 aromatic heterocycles. The number of nitrogens with zero attached hydrogens (tertiary/aromatic N) is 4. The largest absolute Gasteiger partial charge is 0.378 e. The summed E-state index contributed by atoms with van der Waals surface area (Å²) in [7, 11) is -3.57. The fraction of sp³-hybridized carbons (Fsp3) is 0.667. The van der Waals surface area contributed by atoms with Crippen LogP contribution < -0.4 is 0 Å². The number of carbonyl (C=O) groups is 1. The SMILES string of the molecule is C[C@H]1CCCN(S(=O)(=O)c2ccc3c(c2)nc(SCC(=O)N2CCOCC2)n3C[C@@H]2CCCO2)C1. The molecule has 0 aliphatic carbocycles. The Morgan fingerprint density at radius 3 is 2.71 bits per heavy atom. The number of ether oxygens (including phenoxy) is 2. The number of amides is 1. The van der Waals surface area contributed by atoms with E-state index in [0.29, 0.717) is 57.4 Å². The fourth-order valence-corrected chi connectivity index (χ4v) is 7.62. The number of carbonyl (C=O) groups excluding carboxylic acids is 1. The Morgan fingerprint density at radius 1 is 1.14 bits per heavy atom. The Morgan fingerprint density at radius 2 is 1.97 bits per heavy atom. The van der Waals surface area contributed by atoms with Crippen LogP contribution in [0, 0.1) is 5.92 Å². The summed E-state index contributed by atoms with van der Waals surface area (Å²) in [5.74, 6) is 0.711. The summed E-state index contributed by atoms with van der Waals surface area (Å²) >= 11 is 1.40. The number of rotatable bonds is 7. The molecule has 3 aliphatic heterocycles. The lowest BCUT2D eigenvalue weighted by molar-refractivity contribution is -0.132. The van der Waals surface area contributed by atoms with Crippen molar-refractivity contribution in [3.63, 3.8) is 0 Å². The first-order chi connectivity index (χ1) is 16.9. The molecule has 192 valence electrons. The van der Waals surface area contributed by atoms with Crippen LogP contribution in [0.2, 0.25) is 0 Å². The number of hydrogen-bond donors (Lipinski definition) is 0. The lowest BCUT2D eigenvalue weighted by Gasteiger charge is -2.30. The van der Waals surface area contributed by atoms with E-state index in [-0.39, 0.29) is 22.7 Å². The molecule has 0 spiro atoms. The Labute approximate surface area is 211 Å². The number of benzene rings is 1. The van der Waals surface area contributed by atoms with E-state index in [2.05, 4.69) is 11.5 Å². The van der Waals surface area contributed by atoms with Crippen LogP contribution >= 0.6 is 11.8 Å². The molecule has 0 radical (unpaired) electrons. The van der Waals surface area contributed by atoms with Gasteiger partial charge < -0.3 is 18.9 Å². The summed E-state index contributed by atoms with van der Waals surface area (Å²) < 4.78 is 41.6. The molecule has 0 unspecified atom stereocenters. The summed E-state index contributed by atoms with van der Waals surface area (Å²) in [6.45, 7) is 6.97. The summed E-state index contributed by atoms with van der Waals surface area (Å²) in [5, 5.41) is 0.721. The highest BCUT2D eigenvalue weighted by molar-refractivity contribution is 7.99. The van der Waals surface area contributed by atoms with E-state index in [9.17, 15) is 13.2 Å². The van der Waals surface area contributed by atoms with E-state index in [1.807, 2.05) is 11.0 Å². The average Bonchev–Trinajstić information content (AvgIpc) is 3.51. The fourth-order valence-electron chi connectivity index (χ4n) is 5.07. The van der Waals surface area contributed by atoms with Gasteiger partial charge in [-0.3, -0.25) is 4.79 Å². The maximum atomic E-state index is 13.3. The molecule has 3 saturated heterocycles. The summed E-state index contributed by atoms with van der Waals surface area (Å²) in [6.07, 6.45) is 4.06. The minimum atomic E-state index is -3.57. The number of morpholine rings is 1. The van der Waals surface area contributed by atoms with E-state index < -0.39 is 10.0 Å². The topological polar surface area (TPSA) is 94.0 Å². The van der Waals surface area contributed by atoms with Crippen LogP contribution in [0.25, 0.3) is 11.0 Å². The lowest BCUT2D eigenvalue weighted by Crippen LogP contribution is -2.41. The van der Waals surface area contributed by atoms with Gasteiger partial charge in [0, 0.05) is 32.8 Å². The number of fused-ring (bicyclic) bond motifs is 1. The van der Waals surface area contributed by atoms with Gasteiger partial charge in [0.05, 0.1) is 47.5 Å². The highest BCUT2D eigenvalue weighted by atomic mass is 32.2. The van der Waals surface area contributed by atoms with Crippen LogP contribution in [0.15, 0.2) is 28.3 Å². The molecule has 0 bridgehead atoms. The minimum absolute atomic E-state index is 0.0662. The maximum Gasteiger partial charge on any atom is 0.243 e. The molecule has 3 aliphatic rings. The van der Waals surface area contributed by atoms with E-state index in [0.717, 1.165) is 43.0 Å².